The molecule has 21 heavy (non-hydrogen) atoms. The van der Waals surface area contributed by atoms with E-state index in [1.807, 2.05) is 26.8 Å². The van der Waals surface area contributed by atoms with Crippen LogP contribution in [0.25, 0.3) is 0 Å². The summed E-state index contributed by atoms with van der Waals surface area (Å²) in [6.07, 6.45) is 0. The van der Waals surface area contributed by atoms with E-state index in [1.165, 1.54) is 12.1 Å². The zero-order valence-electron chi connectivity index (χ0n) is 12.4. The molecule has 3 nitrogen and oxygen atoms in total. The summed E-state index contributed by atoms with van der Waals surface area (Å²) >= 11 is 0. The van der Waals surface area contributed by atoms with Crippen LogP contribution in [0.15, 0.2) is 36.4 Å². The number of hydrogen-bond acceptors (Lipinski definition) is 2. The van der Waals surface area contributed by atoms with E-state index in [9.17, 15) is 9.18 Å². The number of hydrogen-bond donors (Lipinski definition) is 1. The van der Waals surface area contributed by atoms with Crippen LogP contribution in [-0.4, -0.2) is 12.5 Å². The molecular weight excluding hydrogens is 269 g/mol. The van der Waals surface area contributed by atoms with Crippen molar-refractivity contribution in [3.05, 3.63) is 58.9 Å². The van der Waals surface area contributed by atoms with Crippen molar-refractivity contribution in [2.24, 2.45) is 0 Å². The van der Waals surface area contributed by atoms with Crippen LogP contribution < -0.4 is 10.1 Å². The van der Waals surface area contributed by atoms with Gasteiger partial charge in [0.25, 0.3) is 5.91 Å². The molecule has 0 fully saturated rings. The minimum Gasteiger partial charge on any atom is -0.483 e. The number of aryl methyl sites for hydroxylation is 2. The van der Waals surface area contributed by atoms with E-state index >= 15 is 0 Å². The van der Waals surface area contributed by atoms with Crippen LogP contribution in [-0.2, 0) is 4.79 Å². The first-order valence-electron chi connectivity index (χ1n) is 6.72. The lowest BCUT2D eigenvalue weighted by Crippen LogP contribution is -2.21. The molecule has 0 aromatic heterocycles. The van der Waals surface area contributed by atoms with Crippen molar-refractivity contribution in [3.63, 3.8) is 0 Å². The fourth-order valence-corrected chi connectivity index (χ4v) is 2.04. The molecule has 0 saturated heterocycles. The second kappa shape index (κ2) is 6.39. The van der Waals surface area contributed by atoms with E-state index in [4.69, 9.17) is 4.74 Å². The lowest BCUT2D eigenvalue weighted by Gasteiger charge is -2.12. The summed E-state index contributed by atoms with van der Waals surface area (Å²) < 4.78 is 19.0. The topological polar surface area (TPSA) is 38.3 Å². The van der Waals surface area contributed by atoms with Gasteiger partial charge in [-0.05, 0) is 55.7 Å². The predicted molar refractivity (Wildman–Crippen MR) is 81.2 cm³/mol. The predicted octanol–water partition coefficient (Wildman–Crippen LogP) is 3.77. The summed E-state index contributed by atoms with van der Waals surface area (Å²) in [6.45, 7) is 5.75. The van der Waals surface area contributed by atoms with E-state index in [0.717, 1.165) is 16.7 Å². The van der Waals surface area contributed by atoms with Crippen molar-refractivity contribution in [1.82, 2.24) is 0 Å². The molecule has 4 heteroatoms. The van der Waals surface area contributed by atoms with Crippen molar-refractivity contribution in [2.45, 2.75) is 20.8 Å². The smallest absolute Gasteiger partial charge is 0.262 e. The third-order valence-electron chi connectivity index (χ3n) is 3.27. The summed E-state index contributed by atoms with van der Waals surface area (Å²) in [5.74, 6) is -0.178. The molecule has 1 N–H and O–H groups in total. The summed E-state index contributed by atoms with van der Waals surface area (Å²) in [5.41, 5.74) is 3.34. The molecule has 0 atom stereocenters. The molecule has 0 bridgehead atoms. The van der Waals surface area contributed by atoms with Gasteiger partial charge in [-0.3, -0.25) is 4.79 Å². The Balaban J connectivity index is 2.00. The molecule has 110 valence electrons. The Kier molecular flexibility index (Phi) is 4.58. The second-order valence-corrected chi connectivity index (χ2v) is 5.02. The van der Waals surface area contributed by atoms with Crippen LogP contribution >= 0.6 is 0 Å². The normalized spacial score (nSPS) is 10.3. The highest BCUT2D eigenvalue weighted by Gasteiger charge is 2.09. The number of amides is 1. The number of para-hydroxylation sites is 1. The molecule has 0 heterocycles. The molecule has 2 aromatic carbocycles. The molecule has 0 unspecified atom stereocenters. The van der Waals surface area contributed by atoms with Crippen LogP contribution in [0.3, 0.4) is 0 Å². The number of ether oxygens (including phenoxy) is 1. The summed E-state index contributed by atoms with van der Waals surface area (Å²) in [7, 11) is 0. The number of nitrogens with one attached hydrogen (secondary N) is 1. The van der Waals surface area contributed by atoms with Gasteiger partial charge in [0, 0.05) is 0 Å². The molecule has 0 aliphatic rings. The number of rotatable bonds is 4. The van der Waals surface area contributed by atoms with Crippen LogP contribution in [0.2, 0.25) is 0 Å². The van der Waals surface area contributed by atoms with E-state index in [1.54, 1.807) is 12.1 Å². The van der Waals surface area contributed by atoms with Crippen LogP contribution in [0.4, 0.5) is 10.1 Å². The number of anilines is 1. The van der Waals surface area contributed by atoms with Gasteiger partial charge in [0.1, 0.15) is 11.6 Å². The van der Waals surface area contributed by atoms with Crippen molar-refractivity contribution in [1.29, 1.82) is 0 Å². The summed E-state index contributed by atoms with van der Waals surface area (Å²) in [4.78, 5) is 11.8. The van der Waals surface area contributed by atoms with E-state index in [2.05, 4.69) is 11.4 Å². The Morgan fingerprint density at radius 3 is 2.62 bits per heavy atom. The maximum Gasteiger partial charge on any atom is 0.262 e. The third kappa shape index (κ3) is 3.81. The van der Waals surface area contributed by atoms with E-state index in [0.29, 0.717) is 5.75 Å². The first kappa shape index (κ1) is 15.0. The minimum atomic E-state index is -0.464. The highest BCUT2D eigenvalue weighted by molar-refractivity contribution is 5.92. The van der Waals surface area contributed by atoms with E-state index in [-0.39, 0.29) is 12.3 Å². The first-order chi connectivity index (χ1) is 9.97. The lowest BCUT2D eigenvalue weighted by molar-refractivity contribution is -0.118. The minimum absolute atomic E-state index is 0.155. The Morgan fingerprint density at radius 2 is 1.90 bits per heavy atom. The van der Waals surface area contributed by atoms with Gasteiger partial charge < -0.3 is 10.1 Å². The molecule has 0 aliphatic carbocycles. The highest BCUT2D eigenvalue weighted by atomic mass is 19.1. The first-order valence-corrected chi connectivity index (χ1v) is 6.72. The number of benzene rings is 2. The monoisotopic (exact) mass is 287 g/mol. The molecule has 0 aliphatic heterocycles. The van der Waals surface area contributed by atoms with Gasteiger partial charge in [-0.15, -0.1) is 0 Å². The number of carbonyl (C=O) groups is 1. The average molecular weight is 287 g/mol. The highest BCUT2D eigenvalue weighted by Crippen LogP contribution is 2.23. The Labute approximate surface area is 123 Å². The average Bonchev–Trinajstić information content (AvgIpc) is 2.44. The van der Waals surface area contributed by atoms with Gasteiger partial charge in [0.15, 0.2) is 6.61 Å². The SMILES string of the molecule is Cc1cc(C)c(C)c(OCC(=O)Nc2ccccc2F)c1. The number of halogens is 1. The van der Waals surface area contributed by atoms with Crippen molar-refractivity contribution in [2.75, 3.05) is 11.9 Å². The maximum absolute atomic E-state index is 13.4. The second-order valence-electron chi connectivity index (χ2n) is 5.02. The Hall–Kier alpha value is -2.36. The molecule has 2 aromatic rings. The van der Waals surface area contributed by atoms with Crippen molar-refractivity contribution < 1.29 is 13.9 Å². The zero-order valence-corrected chi connectivity index (χ0v) is 12.4. The van der Waals surface area contributed by atoms with Gasteiger partial charge in [-0.1, -0.05) is 18.2 Å². The van der Waals surface area contributed by atoms with E-state index < -0.39 is 11.7 Å². The maximum atomic E-state index is 13.4. The molecular formula is C17H18FNO2. The molecule has 0 saturated carbocycles. The fraction of sp³-hybridized carbons (Fsp3) is 0.235. The third-order valence-corrected chi connectivity index (χ3v) is 3.27. The zero-order chi connectivity index (χ0) is 15.4. The Morgan fingerprint density at radius 1 is 1.19 bits per heavy atom. The molecule has 2 rings (SSSR count). The van der Waals surface area contributed by atoms with Crippen molar-refractivity contribution >= 4 is 11.6 Å². The van der Waals surface area contributed by atoms with Gasteiger partial charge in [-0.2, -0.15) is 0 Å². The lowest BCUT2D eigenvalue weighted by atomic mass is 10.1. The Bertz CT molecular complexity index is 668. The molecule has 0 spiro atoms. The van der Waals surface area contributed by atoms with Gasteiger partial charge in [-0.25, -0.2) is 4.39 Å². The largest absolute Gasteiger partial charge is 0.483 e. The van der Waals surface area contributed by atoms with Crippen LogP contribution in [0.5, 0.6) is 5.75 Å². The molecule has 1 amide bonds. The van der Waals surface area contributed by atoms with Crippen LogP contribution in [0, 0.1) is 26.6 Å². The van der Waals surface area contributed by atoms with Crippen molar-refractivity contribution in [3.8, 4) is 5.75 Å². The summed E-state index contributed by atoms with van der Waals surface area (Å²) in [6, 6.07) is 9.98. The van der Waals surface area contributed by atoms with Gasteiger partial charge >= 0.3 is 0 Å². The summed E-state index contributed by atoms with van der Waals surface area (Å²) in [5, 5.41) is 2.49. The fourth-order valence-electron chi connectivity index (χ4n) is 2.04. The quantitative estimate of drug-likeness (QED) is 0.929. The van der Waals surface area contributed by atoms with Gasteiger partial charge in [0.2, 0.25) is 0 Å². The molecule has 0 radical (unpaired) electrons. The number of carbonyl (C=O) groups excluding carboxylic acids is 1. The van der Waals surface area contributed by atoms with Gasteiger partial charge in [0.05, 0.1) is 5.69 Å². The standard InChI is InChI=1S/C17H18FNO2/c1-11-8-12(2)13(3)16(9-11)21-10-17(20)19-15-7-5-4-6-14(15)18/h4-9H,10H2,1-3H3,(H,19,20). The van der Waals surface area contributed by atoms with Crippen LogP contribution in [0.1, 0.15) is 16.7 Å².